The Hall–Kier alpha value is -2.24. The highest BCUT2D eigenvalue weighted by molar-refractivity contribution is 5.94. The second-order valence-corrected chi connectivity index (χ2v) is 4.87. The zero-order chi connectivity index (χ0) is 14.7. The molecule has 0 fully saturated rings. The highest BCUT2D eigenvalue weighted by Gasteiger charge is 2.16. The molecule has 0 saturated heterocycles. The topological polar surface area (TPSA) is 74.2 Å². The van der Waals surface area contributed by atoms with E-state index in [1.165, 1.54) is 0 Å². The minimum absolute atomic E-state index is 0.304. The Morgan fingerprint density at radius 3 is 2.86 bits per heavy atom. The molecule has 5 nitrogen and oxygen atoms in total. The van der Waals surface area contributed by atoms with Crippen molar-refractivity contribution in [3.63, 3.8) is 0 Å². The highest BCUT2D eigenvalue weighted by Crippen LogP contribution is 2.27. The molecule has 1 aromatic heterocycles. The maximum absolute atomic E-state index is 6.01. The molecule has 0 spiro atoms. The molecule has 2 N–H and O–H groups in total. The number of hydrogen-bond donors (Lipinski definition) is 1. The van der Waals surface area contributed by atoms with Crippen molar-refractivity contribution in [3.8, 4) is 11.4 Å². The third-order valence-electron chi connectivity index (χ3n) is 3.42. The molecular formula is C16H17N3O2. The van der Waals surface area contributed by atoms with Crippen molar-refractivity contribution in [1.29, 1.82) is 0 Å². The molecule has 1 heterocycles. The van der Waals surface area contributed by atoms with Crippen LogP contribution < -0.4 is 5.73 Å². The van der Waals surface area contributed by atoms with Gasteiger partial charge in [-0.1, -0.05) is 47.6 Å². The van der Waals surface area contributed by atoms with Gasteiger partial charge >= 0.3 is 0 Å². The summed E-state index contributed by atoms with van der Waals surface area (Å²) in [7, 11) is 1.64. The van der Waals surface area contributed by atoms with Gasteiger partial charge in [-0.25, -0.2) is 0 Å². The van der Waals surface area contributed by atoms with E-state index in [-0.39, 0.29) is 6.04 Å². The summed E-state index contributed by atoms with van der Waals surface area (Å²) < 4.78 is 10.3. The number of hydrogen-bond acceptors (Lipinski definition) is 5. The molecule has 0 saturated carbocycles. The summed E-state index contributed by atoms with van der Waals surface area (Å²) in [4.78, 5) is 4.43. The molecule has 5 heteroatoms. The first kappa shape index (κ1) is 13.7. The first-order valence-electron chi connectivity index (χ1n) is 6.86. The second-order valence-electron chi connectivity index (χ2n) is 4.87. The number of nitrogens with two attached hydrogens (primary N) is 1. The van der Waals surface area contributed by atoms with E-state index in [2.05, 4.69) is 22.3 Å². The van der Waals surface area contributed by atoms with E-state index >= 15 is 0 Å². The second kappa shape index (κ2) is 6.03. The average molecular weight is 283 g/mol. The van der Waals surface area contributed by atoms with Crippen LogP contribution in [0.2, 0.25) is 0 Å². The number of nitrogens with zero attached hydrogens (tertiary/aromatic N) is 2. The van der Waals surface area contributed by atoms with Crippen LogP contribution >= 0.6 is 0 Å². The molecule has 108 valence electrons. The van der Waals surface area contributed by atoms with E-state index < -0.39 is 0 Å². The van der Waals surface area contributed by atoms with Crippen LogP contribution in [0, 0.1) is 0 Å². The van der Waals surface area contributed by atoms with E-state index in [0.29, 0.717) is 24.7 Å². The van der Waals surface area contributed by atoms with Crippen molar-refractivity contribution < 1.29 is 9.26 Å². The standard InChI is InChI=1S/C16H17N3O2/c1-20-10-9-14(17)16-18-15(19-21-16)13-8-4-6-11-5-2-3-7-12(11)13/h2-8,14H,9-10,17H2,1H3. The van der Waals surface area contributed by atoms with Crippen LogP contribution in [0.1, 0.15) is 18.4 Å². The Kier molecular flexibility index (Phi) is 3.94. The Morgan fingerprint density at radius 1 is 1.19 bits per heavy atom. The molecule has 1 unspecified atom stereocenters. The lowest BCUT2D eigenvalue weighted by Crippen LogP contribution is -2.12. The normalized spacial score (nSPS) is 12.7. The van der Waals surface area contributed by atoms with Gasteiger partial charge in [-0.3, -0.25) is 0 Å². The van der Waals surface area contributed by atoms with Crippen molar-refractivity contribution in [2.45, 2.75) is 12.5 Å². The number of benzene rings is 2. The Labute approximate surface area is 122 Å². The van der Waals surface area contributed by atoms with E-state index in [1.54, 1.807) is 7.11 Å². The van der Waals surface area contributed by atoms with E-state index in [1.807, 2.05) is 30.3 Å². The van der Waals surface area contributed by atoms with E-state index in [4.69, 9.17) is 15.0 Å². The first-order valence-corrected chi connectivity index (χ1v) is 6.86. The summed E-state index contributed by atoms with van der Waals surface area (Å²) in [6.45, 7) is 0.563. The molecule has 0 aliphatic carbocycles. The van der Waals surface area contributed by atoms with Crippen LogP contribution in [0.4, 0.5) is 0 Å². The summed E-state index contributed by atoms with van der Waals surface area (Å²) in [5.41, 5.74) is 6.96. The van der Waals surface area contributed by atoms with Gasteiger partial charge in [-0.15, -0.1) is 0 Å². The maximum Gasteiger partial charge on any atom is 0.243 e. The molecule has 3 aromatic rings. The van der Waals surface area contributed by atoms with Crippen LogP contribution in [-0.2, 0) is 4.74 Å². The zero-order valence-electron chi connectivity index (χ0n) is 11.8. The van der Waals surface area contributed by atoms with Crippen LogP contribution in [-0.4, -0.2) is 23.9 Å². The molecule has 21 heavy (non-hydrogen) atoms. The van der Waals surface area contributed by atoms with Gasteiger partial charge in [0.05, 0.1) is 6.04 Å². The molecule has 0 aliphatic rings. The predicted molar refractivity (Wildman–Crippen MR) is 80.7 cm³/mol. The third kappa shape index (κ3) is 2.79. The molecule has 0 bridgehead atoms. The molecule has 2 aromatic carbocycles. The van der Waals surface area contributed by atoms with Gasteiger partial charge in [-0.2, -0.15) is 4.98 Å². The lowest BCUT2D eigenvalue weighted by atomic mass is 10.0. The Balaban J connectivity index is 1.95. The van der Waals surface area contributed by atoms with Crippen molar-refractivity contribution >= 4 is 10.8 Å². The fourth-order valence-corrected chi connectivity index (χ4v) is 2.28. The molecule has 1 atom stereocenters. The van der Waals surface area contributed by atoms with Crippen LogP contribution in [0.3, 0.4) is 0 Å². The number of methoxy groups -OCH3 is 1. The monoisotopic (exact) mass is 283 g/mol. The van der Waals surface area contributed by atoms with Crippen molar-refractivity contribution in [3.05, 3.63) is 48.4 Å². The lowest BCUT2D eigenvalue weighted by molar-refractivity contribution is 0.182. The lowest BCUT2D eigenvalue weighted by Gasteiger charge is -2.04. The fourth-order valence-electron chi connectivity index (χ4n) is 2.28. The van der Waals surface area contributed by atoms with Gasteiger partial charge in [0.15, 0.2) is 0 Å². The Morgan fingerprint density at radius 2 is 2.00 bits per heavy atom. The fraction of sp³-hybridized carbons (Fsp3) is 0.250. The molecular weight excluding hydrogens is 266 g/mol. The average Bonchev–Trinajstić information content (AvgIpc) is 3.02. The summed E-state index contributed by atoms with van der Waals surface area (Å²) >= 11 is 0. The number of fused-ring (bicyclic) bond motifs is 1. The van der Waals surface area contributed by atoms with Crippen LogP contribution in [0.15, 0.2) is 47.0 Å². The number of ether oxygens (including phenoxy) is 1. The predicted octanol–water partition coefficient (Wildman–Crippen LogP) is 2.93. The third-order valence-corrected chi connectivity index (χ3v) is 3.42. The van der Waals surface area contributed by atoms with Crippen molar-refractivity contribution in [2.24, 2.45) is 5.73 Å². The van der Waals surface area contributed by atoms with Gasteiger partial charge < -0.3 is 15.0 Å². The van der Waals surface area contributed by atoms with E-state index in [0.717, 1.165) is 16.3 Å². The summed E-state index contributed by atoms with van der Waals surface area (Å²) in [5.74, 6) is 1.00. The zero-order valence-corrected chi connectivity index (χ0v) is 11.8. The smallest absolute Gasteiger partial charge is 0.243 e. The largest absolute Gasteiger partial charge is 0.385 e. The van der Waals surface area contributed by atoms with Crippen molar-refractivity contribution in [1.82, 2.24) is 10.1 Å². The highest BCUT2D eigenvalue weighted by atomic mass is 16.5. The van der Waals surface area contributed by atoms with Gasteiger partial charge in [0.25, 0.3) is 0 Å². The van der Waals surface area contributed by atoms with Gasteiger partial charge in [0.1, 0.15) is 0 Å². The van der Waals surface area contributed by atoms with Crippen molar-refractivity contribution in [2.75, 3.05) is 13.7 Å². The minimum atomic E-state index is -0.304. The van der Waals surface area contributed by atoms with E-state index in [9.17, 15) is 0 Å². The molecule has 0 radical (unpaired) electrons. The van der Waals surface area contributed by atoms with Gasteiger partial charge in [0, 0.05) is 19.3 Å². The van der Waals surface area contributed by atoms with Crippen LogP contribution in [0.5, 0.6) is 0 Å². The quantitative estimate of drug-likeness (QED) is 0.779. The molecule has 3 rings (SSSR count). The summed E-state index contributed by atoms with van der Waals surface area (Å²) in [5, 5.41) is 6.30. The molecule has 0 amide bonds. The minimum Gasteiger partial charge on any atom is -0.385 e. The van der Waals surface area contributed by atoms with Gasteiger partial charge in [-0.05, 0) is 17.2 Å². The molecule has 0 aliphatic heterocycles. The van der Waals surface area contributed by atoms with Gasteiger partial charge in [0.2, 0.25) is 11.7 Å². The Bertz CT molecular complexity index is 734. The maximum atomic E-state index is 6.01. The number of aromatic nitrogens is 2. The summed E-state index contributed by atoms with van der Waals surface area (Å²) in [6, 6.07) is 13.8. The summed E-state index contributed by atoms with van der Waals surface area (Å²) in [6.07, 6.45) is 0.646. The number of rotatable bonds is 5. The van der Waals surface area contributed by atoms with Crippen LogP contribution in [0.25, 0.3) is 22.2 Å². The first-order chi connectivity index (χ1) is 10.3. The SMILES string of the molecule is COCCC(N)c1nc(-c2cccc3ccccc23)no1.